The number of aromatic nitrogens is 5. The summed E-state index contributed by atoms with van der Waals surface area (Å²) in [6.07, 6.45) is 5.18. The maximum absolute atomic E-state index is 12.4. The molecule has 1 N–H and O–H groups in total. The number of hydrogen-bond donors (Lipinski definition) is 1. The summed E-state index contributed by atoms with van der Waals surface area (Å²) < 4.78 is 3.49. The largest absolute Gasteiger partial charge is 0.350 e. The molecule has 7 heteroatoms. The van der Waals surface area contributed by atoms with E-state index in [1.54, 1.807) is 28.0 Å². The first kappa shape index (κ1) is 14.2. The Bertz CT molecular complexity index is 804. The first-order valence-electron chi connectivity index (χ1n) is 7.11. The molecule has 0 aliphatic rings. The van der Waals surface area contributed by atoms with Gasteiger partial charge in [0.2, 0.25) is 5.91 Å². The van der Waals surface area contributed by atoms with Gasteiger partial charge in [-0.2, -0.15) is 10.2 Å². The molecule has 3 rings (SSSR count). The van der Waals surface area contributed by atoms with E-state index in [2.05, 4.69) is 20.5 Å². The van der Waals surface area contributed by atoms with Gasteiger partial charge < -0.3 is 5.32 Å². The summed E-state index contributed by atoms with van der Waals surface area (Å²) in [5.74, 6) is -0.0860. The van der Waals surface area contributed by atoms with Crippen molar-refractivity contribution in [3.05, 3.63) is 42.0 Å². The number of aryl methyl sites for hydroxylation is 2. The van der Waals surface area contributed by atoms with Gasteiger partial charge in [-0.25, -0.2) is 4.68 Å². The molecule has 0 aliphatic carbocycles. The van der Waals surface area contributed by atoms with E-state index < -0.39 is 6.04 Å². The summed E-state index contributed by atoms with van der Waals surface area (Å²) >= 11 is 0. The van der Waals surface area contributed by atoms with Gasteiger partial charge in [0.15, 0.2) is 0 Å². The maximum Gasteiger partial charge on any atom is 0.244 e. The van der Waals surface area contributed by atoms with Crippen LogP contribution in [0.3, 0.4) is 0 Å². The average Bonchev–Trinajstić information content (AvgIpc) is 3.08. The molecule has 0 saturated heterocycles. The predicted octanol–water partition coefficient (Wildman–Crippen LogP) is 1.35. The summed E-state index contributed by atoms with van der Waals surface area (Å²) in [5, 5.41) is 11.6. The molecule has 3 aromatic rings. The summed E-state index contributed by atoms with van der Waals surface area (Å²) in [7, 11) is 1.87. The Morgan fingerprint density at radius 3 is 2.95 bits per heavy atom. The highest BCUT2D eigenvalue weighted by atomic mass is 16.2. The van der Waals surface area contributed by atoms with Gasteiger partial charge in [-0.15, -0.1) is 0 Å². The number of carbonyl (C=O) groups excluding carboxylic acids is 1. The van der Waals surface area contributed by atoms with Gasteiger partial charge in [0.1, 0.15) is 17.1 Å². The van der Waals surface area contributed by atoms with Crippen LogP contribution in [0.5, 0.6) is 0 Å². The van der Waals surface area contributed by atoms with Crippen LogP contribution in [-0.2, 0) is 18.4 Å². The first-order chi connectivity index (χ1) is 10.6. The van der Waals surface area contributed by atoms with Crippen molar-refractivity contribution in [2.24, 2.45) is 7.05 Å². The van der Waals surface area contributed by atoms with Gasteiger partial charge in [-0.1, -0.05) is 6.07 Å². The van der Waals surface area contributed by atoms with Crippen molar-refractivity contribution in [2.45, 2.75) is 26.4 Å². The van der Waals surface area contributed by atoms with E-state index in [9.17, 15) is 4.79 Å². The summed E-state index contributed by atoms with van der Waals surface area (Å²) in [4.78, 5) is 16.4. The molecule has 22 heavy (non-hydrogen) atoms. The zero-order valence-electron chi connectivity index (χ0n) is 12.8. The molecule has 3 heterocycles. The van der Waals surface area contributed by atoms with E-state index in [4.69, 9.17) is 0 Å². The molecule has 0 radical (unpaired) electrons. The van der Waals surface area contributed by atoms with Crippen molar-refractivity contribution in [1.82, 2.24) is 29.9 Å². The standard InChI is InChI=1S/C15H18N6O/c1-10-14-13(20(3)19-10)9-18-21(14)11(2)15(22)17-8-12-5-4-6-16-7-12/h4-7,9,11H,8H2,1-3H3,(H,17,22). The highest BCUT2D eigenvalue weighted by molar-refractivity contribution is 5.84. The smallest absolute Gasteiger partial charge is 0.244 e. The molecule has 1 amide bonds. The van der Waals surface area contributed by atoms with Gasteiger partial charge >= 0.3 is 0 Å². The molecule has 0 aliphatic heterocycles. The van der Waals surface area contributed by atoms with Gasteiger partial charge in [0.05, 0.1) is 11.9 Å². The number of carbonyl (C=O) groups is 1. The van der Waals surface area contributed by atoms with Crippen LogP contribution < -0.4 is 5.32 Å². The number of nitrogens with one attached hydrogen (secondary N) is 1. The van der Waals surface area contributed by atoms with Crippen LogP contribution in [0.2, 0.25) is 0 Å². The Labute approximate surface area is 128 Å². The van der Waals surface area contributed by atoms with E-state index in [1.807, 2.05) is 33.0 Å². The molecular formula is C15H18N6O. The monoisotopic (exact) mass is 298 g/mol. The minimum absolute atomic E-state index is 0.0860. The maximum atomic E-state index is 12.4. The Morgan fingerprint density at radius 1 is 1.41 bits per heavy atom. The average molecular weight is 298 g/mol. The first-order valence-corrected chi connectivity index (χ1v) is 7.11. The van der Waals surface area contributed by atoms with Crippen molar-refractivity contribution in [3.63, 3.8) is 0 Å². The molecule has 7 nitrogen and oxygen atoms in total. The van der Waals surface area contributed by atoms with Crippen LogP contribution in [0.4, 0.5) is 0 Å². The minimum atomic E-state index is -0.405. The molecule has 0 spiro atoms. The lowest BCUT2D eigenvalue weighted by atomic mass is 10.2. The Morgan fingerprint density at radius 2 is 2.23 bits per heavy atom. The lowest BCUT2D eigenvalue weighted by molar-refractivity contribution is -0.124. The fourth-order valence-electron chi connectivity index (χ4n) is 2.51. The third-order valence-corrected chi connectivity index (χ3v) is 3.70. The van der Waals surface area contributed by atoms with Crippen LogP contribution in [0.15, 0.2) is 30.7 Å². The summed E-state index contributed by atoms with van der Waals surface area (Å²) in [6, 6.07) is 3.37. The number of nitrogens with zero attached hydrogens (tertiary/aromatic N) is 5. The van der Waals surface area contributed by atoms with Crippen LogP contribution >= 0.6 is 0 Å². The van der Waals surface area contributed by atoms with Crippen LogP contribution in [-0.4, -0.2) is 30.5 Å². The lowest BCUT2D eigenvalue weighted by Gasteiger charge is -2.13. The zero-order chi connectivity index (χ0) is 15.7. The van der Waals surface area contributed by atoms with Crippen molar-refractivity contribution in [3.8, 4) is 0 Å². The van der Waals surface area contributed by atoms with E-state index in [-0.39, 0.29) is 5.91 Å². The number of pyridine rings is 1. The Hall–Kier alpha value is -2.70. The van der Waals surface area contributed by atoms with Crippen molar-refractivity contribution < 1.29 is 4.79 Å². The number of hydrogen-bond acceptors (Lipinski definition) is 4. The minimum Gasteiger partial charge on any atom is -0.350 e. The highest BCUT2D eigenvalue weighted by Gasteiger charge is 2.20. The normalized spacial score (nSPS) is 12.5. The summed E-state index contributed by atoms with van der Waals surface area (Å²) in [5.41, 5.74) is 3.64. The molecule has 1 unspecified atom stereocenters. The van der Waals surface area contributed by atoms with Crippen molar-refractivity contribution in [2.75, 3.05) is 0 Å². The predicted molar refractivity (Wildman–Crippen MR) is 82.0 cm³/mol. The Balaban J connectivity index is 1.77. The van der Waals surface area contributed by atoms with Gasteiger partial charge in [0, 0.05) is 26.0 Å². The van der Waals surface area contributed by atoms with Crippen molar-refractivity contribution >= 4 is 16.9 Å². The number of rotatable bonds is 4. The Kier molecular flexibility index (Phi) is 3.62. The van der Waals surface area contributed by atoms with E-state index in [0.717, 1.165) is 22.3 Å². The molecule has 3 aromatic heterocycles. The van der Waals surface area contributed by atoms with E-state index in [1.165, 1.54) is 0 Å². The fourth-order valence-corrected chi connectivity index (χ4v) is 2.51. The second-order valence-electron chi connectivity index (χ2n) is 5.29. The SMILES string of the molecule is Cc1nn(C)c2cnn(C(C)C(=O)NCc3cccnc3)c12. The van der Waals surface area contributed by atoms with E-state index in [0.29, 0.717) is 6.54 Å². The van der Waals surface area contributed by atoms with Crippen LogP contribution in [0.25, 0.3) is 11.0 Å². The van der Waals surface area contributed by atoms with Gasteiger partial charge in [-0.05, 0) is 25.5 Å². The second kappa shape index (κ2) is 5.59. The fraction of sp³-hybridized carbons (Fsp3) is 0.333. The summed E-state index contributed by atoms with van der Waals surface area (Å²) in [6.45, 7) is 4.20. The number of amides is 1. The highest BCUT2D eigenvalue weighted by Crippen LogP contribution is 2.20. The third kappa shape index (κ3) is 2.45. The number of fused-ring (bicyclic) bond motifs is 1. The molecule has 0 aromatic carbocycles. The zero-order valence-corrected chi connectivity index (χ0v) is 12.8. The quantitative estimate of drug-likeness (QED) is 0.788. The molecule has 0 bridgehead atoms. The van der Waals surface area contributed by atoms with Crippen molar-refractivity contribution in [1.29, 1.82) is 0 Å². The van der Waals surface area contributed by atoms with Gasteiger partial charge in [0.25, 0.3) is 0 Å². The molecule has 1 atom stereocenters. The molecular weight excluding hydrogens is 280 g/mol. The molecule has 0 saturated carbocycles. The second-order valence-corrected chi connectivity index (χ2v) is 5.29. The lowest BCUT2D eigenvalue weighted by Crippen LogP contribution is -2.31. The van der Waals surface area contributed by atoms with Crippen LogP contribution in [0, 0.1) is 6.92 Å². The topological polar surface area (TPSA) is 77.6 Å². The van der Waals surface area contributed by atoms with Crippen LogP contribution in [0.1, 0.15) is 24.2 Å². The molecule has 114 valence electrons. The van der Waals surface area contributed by atoms with Gasteiger partial charge in [-0.3, -0.25) is 14.5 Å². The molecule has 0 fully saturated rings. The third-order valence-electron chi connectivity index (χ3n) is 3.70. The van der Waals surface area contributed by atoms with E-state index >= 15 is 0 Å².